The van der Waals surface area contributed by atoms with E-state index in [1.807, 2.05) is 0 Å². The smallest absolute Gasteiger partial charge is 0.192 e. The molecule has 0 unspecified atom stereocenters. The summed E-state index contributed by atoms with van der Waals surface area (Å²) < 4.78 is 11.9. The Morgan fingerprint density at radius 3 is 2.41 bits per heavy atom. The van der Waals surface area contributed by atoms with Crippen molar-refractivity contribution in [3.8, 4) is 0 Å². The summed E-state index contributed by atoms with van der Waals surface area (Å²) in [5.41, 5.74) is 4.89. The molecule has 0 saturated heterocycles. The topological polar surface area (TPSA) is 47.5 Å². The van der Waals surface area contributed by atoms with Gasteiger partial charge in [-0.2, -0.15) is 0 Å². The Balaban J connectivity index is 0.00000324. The third-order valence-corrected chi connectivity index (χ3v) is 12.0. The second-order valence-electron chi connectivity index (χ2n) is 9.98. The maximum atomic E-state index is 6.44. The Labute approximate surface area is 214 Å². The van der Waals surface area contributed by atoms with Crippen LogP contribution in [-0.2, 0) is 22.2 Å². The third-order valence-electron chi connectivity index (χ3n) is 6.49. The van der Waals surface area contributed by atoms with E-state index in [1.165, 1.54) is 21.6 Å². The number of hydrogen-bond acceptors (Lipinski definition) is 6. The highest BCUT2D eigenvalue weighted by Gasteiger charge is 2.37. The first-order valence-corrected chi connectivity index (χ1v) is 15.0. The number of nitrogens with zero attached hydrogens (tertiary/aromatic N) is 3. The standard InChI is InChI=1S/C26H33N3O2SSi.ClH/c1-26(2,3)33(5,6)31-17-21-9-7-8-19(15-21)14-20-10-11-23-22(16-20)29(18-30-4)24-25(32-23)28-13-12-27-24;/h7-13,15-16H,14,17-18H2,1-6H3;1H/p-1. The molecule has 0 bridgehead atoms. The van der Waals surface area contributed by atoms with Crippen LogP contribution in [0.5, 0.6) is 0 Å². The molecule has 4 rings (SSSR count). The normalized spacial score (nSPS) is 13.2. The van der Waals surface area contributed by atoms with Crippen molar-refractivity contribution in [2.45, 2.75) is 61.9 Å². The van der Waals surface area contributed by atoms with Gasteiger partial charge in [-0.25, -0.2) is 9.97 Å². The van der Waals surface area contributed by atoms with Crippen LogP contribution < -0.4 is 17.3 Å². The SMILES string of the molecule is COCN1c2cc(Cc3cccc(CO[Si](C)(C)C(C)(C)C)c3)ccc2Sc2nccnc21.[Cl-]. The van der Waals surface area contributed by atoms with Crippen LogP contribution >= 0.6 is 11.8 Å². The highest BCUT2D eigenvalue weighted by atomic mass is 35.5. The van der Waals surface area contributed by atoms with Crippen molar-refractivity contribution in [2.75, 3.05) is 18.7 Å². The van der Waals surface area contributed by atoms with Crippen LogP contribution in [0.2, 0.25) is 18.1 Å². The lowest BCUT2D eigenvalue weighted by atomic mass is 10.0. The molecular weight excluding hydrogens is 482 g/mol. The molecule has 5 nitrogen and oxygen atoms in total. The van der Waals surface area contributed by atoms with Crippen LogP contribution in [0.25, 0.3) is 0 Å². The molecule has 0 aliphatic carbocycles. The highest BCUT2D eigenvalue weighted by Crippen LogP contribution is 2.46. The van der Waals surface area contributed by atoms with Crippen molar-refractivity contribution in [1.29, 1.82) is 0 Å². The van der Waals surface area contributed by atoms with E-state index >= 15 is 0 Å². The molecule has 1 aromatic heterocycles. The van der Waals surface area contributed by atoms with Crippen molar-refractivity contribution in [2.24, 2.45) is 0 Å². The number of rotatable bonds is 7. The third kappa shape index (κ3) is 5.83. The fourth-order valence-electron chi connectivity index (χ4n) is 3.57. The number of hydrogen-bond donors (Lipinski definition) is 0. The minimum absolute atomic E-state index is 0. The maximum absolute atomic E-state index is 6.44. The van der Waals surface area contributed by atoms with Crippen LogP contribution in [-0.4, -0.2) is 32.1 Å². The molecule has 2 aromatic carbocycles. The van der Waals surface area contributed by atoms with Crippen LogP contribution in [0.3, 0.4) is 0 Å². The lowest BCUT2D eigenvalue weighted by molar-refractivity contribution is -0.00000819. The summed E-state index contributed by atoms with van der Waals surface area (Å²) in [6.45, 7) is 12.5. The van der Waals surface area contributed by atoms with E-state index in [0.717, 1.165) is 23.0 Å². The molecule has 0 N–H and O–H groups in total. The number of ether oxygens (including phenoxy) is 1. The molecule has 182 valence electrons. The second-order valence-corrected chi connectivity index (χ2v) is 15.8. The van der Waals surface area contributed by atoms with Gasteiger partial charge in [0.05, 0.1) is 12.3 Å². The van der Waals surface area contributed by atoms with Gasteiger partial charge in [0.25, 0.3) is 0 Å². The predicted molar refractivity (Wildman–Crippen MR) is 138 cm³/mol. The Morgan fingerprint density at radius 1 is 0.971 bits per heavy atom. The van der Waals surface area contributed by atoms with Crippen molar-refractivity contribution in [1.82, 2.24) is 9.97 Å². The highest BCUT2D eigenvalue weighted by molar-refractivity contribution is 7.99. The van der Waals surface area contributed by atoms with Crippen molar-refractivity contribution >= 4 is 31.6 Å². The molecule has 0 spiro atoms. The van der Waals surface area contributed by atoms with E-state index in [9.17, 15) is 0 Å². The van der Waals surface area contributed by atoms with Gasteiger partial charge in [-0.1, -0.05) is 62.9 Å². The molecule has 34 heavy (non-hydrogen) atoms. The first kappa shape index (κ1) is 26.7. The van der Waals surface area contributed by atoms with E-state index in [1.54, 1.807) is 31.3 Å². The number of methoxy groups -OCH3 is 1. The average Bonchev–Trinajstić information content (AvgIpc) is 2.77. The number of halogens is 1. The molecule has 0 atom stereocenters. The Kier molecular flexibility index (Phi) is 8.47. The molecule has 0 fully saturated rings. The fourth-order valence-corrected chi connectivity index (χ4v) is 5.51. The molecule has 1 aliphatic heterocycles. The molecule has 0 radical (unpaired) electrons. The van der Waals surface area contributed by atoms with Gasteiger partial charge >= 0.3 is 0 Å². The van der Waals surface area contributed by atoms with Crippen molar-refractivity contribution < 1.29 is 21.6 Å². The quantitative estimate of drug-likeness (QED) is 0.447. The largest absolute Gasteiger partial charge is 1.00 e. The zero-order valence-electron chi connectivity index (χ0n) is 20.8. The zero-order chi connectivity index (χ0) is 23.6. The number of anilines is 2. The summed E-state index contributed by atoms with van der Waals surface area (Å²) in [6.07, 6.45) is 4.33. The van der Waals surface area contributed by atoms with Gasteiger partial charge in [-0.15, -0.1) is 0 Å². The number of aromatic nitrogens is 2. The van der Waals surface area contributed by atoms with E-state index in [0.29, 0.717) is 13.3 Å². The molecular formula is C26H33ClN3O2SSi-. The van der Waals surface area contributed by atoms with Crippen LogP contribution in [0.4, 0.5) is 11.5 Å². The molecule has 2 heterocycles. The summed E-state index contributed by atoms with van der Waals surface area (Å²) >= 11 is 1.66. The zero-order valence-corrected chi connectivity index (χ0v) is 23.3. The maximum Gasteiger partial charge on any atom is 0.192 e. The van der Waals surface area contributed by atoms with Crippen LogP contribution in [0, 0.1) is 0 Å². The number of fused-ring (bicyclic) bond motifs is 2. The van der Waals surface area contributed by atoms with Gasteiger partial charge in [0.2, 0.25) is 0 Å². The Hall–Kier alpha value is -1.90. The molecule has 8 heteroatoms. The van der Waals surface area contributed by atoms with Gasteiger partial charge in [0.15, 0.2) is 14.1 Å². The minimum atomic E-state index is -1.77. The molecule has 0 amide bonds. The van der Waals surface area contributed by atoms with Gasteiger partial charge < -0.3 is 21.6 Å². The Morgan fingerprint density at radius 2 is 1.68 bits per heavy atom. The summed E-state index contributed by atoms with van der Waals surface area (Å²) in [7, 11) is -0.0640. The predicted octanol–water partition coefficient (Wildman–Crippen LogP) is 3.80. The van der Waals surface area contributed by atoms with E-state index in [4.69, 9.17) is 9.16 Å². The Bertz CT molecular complexity index is 1140. The average molecular weight is 515 g/mol. The van der Waals surface area contributed by atoms with Gasteiger partial charge in [0.1, 0.15) is 11.8 Å². The van der Waals surface area contributed by atoms with Crippen molar-refractivity contribution in [3.05, 3.63) is 71.5 Å². The first-order valence-electron chi connectivity index (χ1n) is 11.3. The monoisotopic (exact) mass is 514 g/mol. The molecule has 3 aromatic rings. The lowest BCUT2D eigenvalue weighted by Crippen LogP contribution is -3.00. The summed E-state index contributed by atoms with van der Waals surface area (Å²) in [5.74, 6) is 0.846. The minimum Gasteiger partial charge on any atom is -1.00 e. The lowest BCUT2D eigenvalue weighted by Gasteiger charge is -2.36. The van der Waals surface area contributed by atoms with E-state index < -0.39 is 8.32 Å². The van der Waals surface area contributed by atoms with Gasteiger partial charge in [-0.05, 0) is 53.4 Å². The second kappa shape index (κ2) is 10.8. The summed E-state index contributed by atoms with van der Waals surface area (Å²) in [6, 6.07) is 15.4. The first-order chi connectivity index (χ1) is 15.7. The summed E-state index contributed by atoms with van der Waals surface area (Å²) in [4.78, 5) is 12.3. The van der Waals surface area contributed by atoms with Crippen LogP contribution in [0.1, 0.15) is 37.5 Å². The molecule has 0 saturated carbocycles. The number of benzene rings is 2. The summed E-state index contributed by atoms with van der Waals surface area (Å²) in [5, 5.41) is 1.12. The van der Waals surface area contributed by atoms with E-state index in [2.05, 4.69) is 91.2 Å². The van der Waals surface area contributed by atoms with Crippen LogP contribution in [0.15, 0.2) is 64.8 Å². The molecule has 1 aliphatic rings. The van der Waals surface area contributed by atoms with Gasteiger partial charge in [0, 0.05) is 24.4 Å². The fraction of sp³-hybridized carbons (Fsp3) is 0.385. The van der Waals surface area contributed by atoms with E-state index in [-0.39, 0.29) is 17.4 Å². The van der Waals surface area contributed by atoms with Crippen molar-refractivity contribution in [3.63, 3.8) is 0 Å². The van der Waals surface area contributed by atoms with Gasteiger partial charge in [-0.3, -0.25) is 4.90 Å².